The molecule has 1 aromatic carbocycles. The number of carbonyl (C=O) groups is 1. The summed E-state index contributed by atoms with van der Waals surface area (Å²) in [7, 11) is 0. The number of H-pyrrole nitrogens is 1. The molecule has 1 amide bonds. The normalized spacial score (nSPS) is 11.7. The smallest absolute Gasteiger partial charge is 0.254 e. The van der Waals surface area contributed by atoms with Crippen molar-refractivity contribution >= 4 is 33.8 Å². The van der Waals surface area contributed by atoms with Gasteiger partial charge in [-0.1, -0.05) is 0 Å². The second-order valence-electron chi connectivity index (χ2n) is 5.42. The number of hydrogen-bond donors (Lipinski definition) is 3. The molecule has 108 valence electrons. The maximum Gasteiger partial charge on any atom is 0.254 e. The number of hydrogen-bond acceptors (Lipinski definition) is 4. The SMILES string of the molecule is CC(C)(NC(=O)c1c[nH]c2ccc(N)cc12)c1nccs1. The van der Waals surface area contributed by atoms with Gasteiger partial charge in [0.2, 0.25) is 0 Å². The number of benzene rings is 1. The molecule has 0 spiro atoms. The van der Waals surface area contributed by atoms with Crippen LogP contribution < -0.4 is 11.1 Å². The summed E-state index contributed by atoms with van der Waals surface area (Å²) in [6, 6.07) is 5.48. The van der Waals surface area contributed by atoms with Gasteiger partial charge in [0.25, 0.3) is 5.91 Å². The molecular formula is C15H16N4OS. The fourth-order valence-electron chi connectivity index (χ4n) is 2.26. The van der Waals surface area contributed by atoms with Gasteiger partial charge >= 0.3 is 0 Å². The molecule has 0 aliphatic carbocycles. The van der Waals surface area contributed by atoms with Gasteiger partial charge in [0.1, 0.15) is 5.01 Å². The number of rotatable bonds is 3. The summed E-state index contributed by atoms with van der Waals surface area (Å²) in [5.41, 5.74) is 7.39. The van der Waals surface area contributed by atoms with Crippen LogP contribution >= 0.6 is 11.3 Å². The van der Waals surface area contributed by atoms with Gasteiger partial charge in [0, 0.05) is 34.4 Å². The van der Waals surface area contributed by atoms with Crippen LogP contribution in [0.4, 0.5) is 5.69 Å². The Labute approximate surface area is 126 Å². The molecular weight excluding hydrogens is 284 g/mol. The van der Waals surface area contributed by atoms with Gasteiger partial charge in [-0.3, -0.25) is 4.79 Å². The molecule has 21 heavy (non-hydrogen) atoms. The van der Waals surface area contributed by atoms with E-state index in [2.05, 4.69) is 15.3 Å². The van der Waals surface area contributed by atoms with E-state index in [-0.39, 0.29) is 5.91 Å². The van der Waals surface area contributed by atoms with Crippen molar-refractivity contribution in [3.63, 3.8) is 0 Å². The summed E-state index contributed by atoms with van der Waals surface area (Å²) in [5, 5.41) is 6.61. The average Bonchev–Trinajstić information content (AvgIpc) is 3.07. The third-order valence-electron chi connectivity index (χ3n) is 3.34. The van der Waals surface area contributed by atoms with E-state index in [1.165, 1.54) is 11.3 Å². The predicted molar refractivity (Wildman–Crippen MR) is 85.3 cm³/mol. The molecule has 3 rings (SSSR count). The monoisotopic (exact) mass is 300 g/mol. The minimum Gasteiger partial charge on any atom is -0.399 e. The van der Waals surface area contributed by atoms with Crippen LogP contribution in [-0.4, -0.2) is 15.9 Å². The number of nitrogens with one attached hydrogen (secondary N) is 2. The lowest BCUT2D eigenvalue weighted by Gasteiger charge is -2.23. The van der Waals surface area contributed by atoms with Crippen LogP contribution in [0.1, 0.15) is 29.2 Å². The molecule has 2 aromatic heterocycles. The van der Waals surface area contributed by atoms with Gasteiger partial charge in [0.15, 0.2) is 0 Å². The Hall–Kier alpha value is -2.34. The standard InChI is InChI=1S/C15H16N4OS/c1-15(2,14-17-5-6-21-14)19-13(20)11-8-18-12-4-3-9(16)7-10(11)12/h3-8,18H,16H2,1-2H3,(H,19,20). The number of nitrogen functional groups attached to an aromatic ring is 1. The van der Waals surface area contributed by atoms with Crippen LogP contribution in [0.5, 0.6) is 0 Å². The van der Waals surface area contributed by atoms with E-state index < -0.39 is 5.54 Å². The van der Waals surface area contributed by atoms with E-state index in [0.29, 0.717) is 11.3 Å². The lowest BCUT2D eigenvalue weighted by atomic mass is 10.1. The largest absolute Gasteiger partial charge is 0.399 e. The van der Waals surface area contributed by atoms with E-state index >= 15 is 0 Å². The van der Waals surface area contributed by atoms with E-state index in [1.54, 1.807) is 24.5 Å². The summed E-state index contributed by atoms with van der Waals surface area (Å²) in [4.78, 5) is 19.9. The lowest BCUT2D eigenvalue weighted by molar-refractivity contribution is 0.0913. The molecule has 2 heterocycles. The minimum absolute atomic E-state index is 0.146. The van der Waals surface area contributed by atoms with E-state index in [0.717, 1.165) is 15.9 Å². The van der Waals surface area contributed by atoms with Crippen molar-refractivity contribution in [2.24, 2.45) is 0 Å². The number of carbonyl (C=O) groups excluding carboxylic acids is 1. The molecule has 0 unspecified atom stereocenters. The molecule has 6 heteroatoms. The van der Waals surface area contributed by atoms with Gasteiger partial charge in [-0.15, -0.1) is 11.3 Å². The number of thiazole rings is 1. The molecule has 0 radical (unpaired) electrons. The summed E-state index contributed by atoms with van der Waals surface area (Å²) in [6.07, 6.45) is 3.44. The zero-order valence-electron chi connectivity index (χ0n) is 11.8. The Bertz CT molecular complexity index is 789. The van der Waals surface area contributed by atoms with Crippen molar-refractivity contribution < 1.29 is 4.79 Å². The van der Waals surface area contributed by atoms with Gasteiger partial charge in [-0.25, -0.2) is 4.98 Å². The molecule has 0 saturated carbocycles. The minimum atomic E-state index is -0.519. The predicted octanol–water partition coefficient (Wildman–Crippen LogP) is 2.87. The van der Waals surface area contributed by atoms with E-state index in [1.807, 2.05) is 25.3 Å². The molecule has 5 nitrogen and oxygen atoms in total. The van der Waals surface area contributed by atoms with Crippen molar-refractivity contribution in [1.29, 1.82) is 0 Å². The third kappa shape index (κ3) is 2.50. The second kappa shape index (κ2) is 4.89. The lowest BCUT2D eigenvalue weighted by Crippen LogP contribution is -2.40. The molecule has 0 aliphatic rings. The number of nitrogens with two attached hydrogens (primary N) is 1. The fraction of sp³-hybridized carbons (Fsp3) is 0.200. The highest BCUT2D eigenvalue weighted by atomic mass is 32.1. The van der Waals surface area contributed by atoms with Crippen LogP contribution in [0.25, 0.3) is 10.9 Å². The highest BCUT2D eigenvalue weighted by Crippen LogP contribution is 2.25. The Morgan fingerprint density at radius 3 is 2.95 bits per heavy atom. The first-order chi connectivity index (χ1) is 9.97. The highest BCUT2D eigenvalue weighted by Gasteiger charge is 2.26. The molecule has 0 fully saturated rings. The first kappa shape index (κ1) is 13.6. The number of amides is 1. The Balaban J connectivity index is 1.92. The van der Waals surface area contributed by atoms with Crippen molar-refractivity contribution in [1.82, 2.24) is 15.3 Å². The summed E-state index contributed by atoms with van der Waals surface area (Å²) >= 11 is 1.52. The molecule has 3 aromatic rings. The van der Waals surface area contributed by atoms with Crippen LogP contribution in [0.2, 0.25) is 0 Å². The molecule has 4 N–H and O–H groups in total. The van der Waals surface area contributed by atoms with E-state index in [4.69, 9.17) is 5.73 Å². The van der Waals surface area contributed by atoms with Crippen molar-refractivity contribution in [3.8, 4) is 0 Å². The van der Waals surface area contributed by atoms with Crippen LogP contribution in [0.15, 0.2) is 36.0 Å². The van der Waals surface area contributed by atoms with Gasteiger partial charge in [-0.05, 0) is 32.0 Å². The maximum absolute atomic E-state index is 12.5. The first-order valence-electron chi connectivity index (χ1n) is 6.56. The molecule has 0 aliphatic heterocycles. The maximum atomic E-state index is 12.5. The summed E-state index contributed by atoms with van der Waals surface area (Å²) in [6.45, 7) is 3.87. The zero-order valence-corrected chi connectivity index (χ0v) is 12.6. The number of fused-ring (bicyclic) bond motifs is 1. The van der Waals surface area contributed by atoms with Crippen LogP contribution in [0.3, 0.4) is 0 Å². The topological polar surface area (TPSA) is 83.8 Å². The van der Waals surface area contributed by atoms with Crippen molar-refractivity contribution in [2.45, 2.75) is 19.4 Å². The quantitative estimate of drug-likeness (QED) is 0.650. The van der Waals surface area contributed by atoms with Gasteiger partial charge in [0.05, 0.1) is 11.1 Å². The molecule has 0 atom stereocenters. The number of anilines is 1. The van der Waals surface area contributed by atoms with Gasteiger partial charge in [-0.2, -0.15) is 0 Å². The zero-order chi connectivity index (χ0) is 15.0. The first-order valence-corrected chi connectivity index (χ1v) is 7.44. The number of aromatic amines is 1. The third-order valence-corrected chi connectivity index (χ3v) is 4.44. The Kier molecular flexibility index (Phi) is 3.17. The van der Waals surface area contributed by atoms with Crippen molar-refractivity contribution in [3.05, 3.63) is 46.5 Å². The molecule has 0 saturated heterocycles. The van der Waals surface area contributed by atoms with Gasteiger partial charge < -0.3 is 16.0 Å². The van der Waals surface area contributed by atoms with Crippen LogP contribution in [-0.2, 0) is 5.54 Å². The van der Waals surface area contributed by atoms with E-state index in [9.17, 15) is 4.79 Å². The fourth-order valence-corrected chi connectivity index (χ4v) is 2.98. The Morgan fingerprint density at radius 2 is 2.24 bits per heavy atom. The molecule has 0 bridgehead atoms. The number of nitrogens with zero attached hydrogens (tertiary/aromatic N) is 1. The highest BCUT2D eigenvalue weighted by molar-refractivity contribution is 7.09. The van der Waals surface area contributed by atoms with Crippen LogP contribution in [0, 0.1) is 0 Å². The summed E-state index contributed by atoms with van der Waals surface area (Å²) < 4.78 is 0. The average molecular weight is 300 g/mol. The van der Waals surface area contributed by atoms with Crippen molar-refractivity contribution in [2.75, 3.05) is 5.73 Å². The second-order valence-corrected chi connectivity index (χ2v) is 6.32. The number of aromatic nitrogens is 2. The summed E-state index contributed by atoms with van der Waals surface area (Å²) in [5.74, 6) is -0.146. The Morgan fingerprint density at radius 1 is 1.43 bits per heavy atom.